The van der Waals surface area contributed by atoms with E-state index in [2.05, 4.69) is 88.2 Å². The Morgan fingerprint density at radius 2 is 1.41 bits per heavy atom. The summed E-state index contributed by atoms with van der Waals surface area (Å²) in [5, 5.41) is 5.98. The van der Waals surface area contributed by atoms with Crippen LogP contribution in [0.2, 0.25) is 0 Å². The van der Waals surface area contributed by atoms with Gasteiger partial charge in [-0.05, 0) is 76.3 Å². The van der Waals surface area contributed by atoms with E-state index in [0.717, 1.165) is 109 Å². The molecule has 2 rings (SSSR count). The number of carbonyl (C=O) groups excluding carboxylic acids is 2. The molecule has 44 heavy (non-hydrogen) atoms. The van der Waals surface area contributed by atoms with E-state index in [1.165, 1.54) is 0 Å². The molecule has 0 spiro atoms. The van der Waals surface area contributed by atoms with Crippen LogP contribution in [0.15, 0.2) is 79.1 Å². The molecule has 0 radical (unpaired) electrons. The van der Waals surface area contributed by atoms with Crippen molar-refractivity contribution in [2.45, 2.75) is 84.0 Å². The molecule has 1 aliphatic heterocycles. The second-order valence-corrected chi connectivity index (χ2v) is 11.0. The molecule has 0 aromatic carbocycles. The van der Waals surface area contributed by atoms with Gasteiger partial charge in [0.05, 0.1) is 18.8 Å². The van der Waals surface area contributed by atoms with Gasteiger partial charge >= 0.3 is 0 Å². The number of nitrogens with zero attached hydrogens (tertiary/aromatic N) is 2. The van der Waals surface area contributed by atoms with E-state index in [4.69, 9.17) is 4.74 Å². The van der Waals surface area contributed by atoms with E-state index in [0.29, 0.717) is 25.1 Å². The molecule has 0 atom stereocenters. The first-order valence-corrected chi connectivity index (χ1v) is 16.7. The van der Waals surface area contributed by atoms with E-state index >= 15 is 0 Å². The van der Waals surface area contributed by atoms with Crippen LogP contribution in [0.1, 0.15) is 93.6 Å². The Morgan fingerprint density at radius 3 is 2.02 bits per heavy atom. The third-order valence-electron chi connectivity index (χ3n) is 7.27. The Morgan fingerprint density at radius 1 is 0.795 bits per heavy atom. The van der Waals surface area contributed by atoms with Gasteiger partial charge in [0.15, 0.2) is 0 Å². The number of aromatic nitrogens is 1. The van der Waals surface area contributed by atoms with Crippen LogP contribution >= 0.6 is 0 Å². The number of amides is 2. The monoisotopic (exact) mass is 604 g/mol. The fourth-order valence-corrected chi connectivity index (χ4v) is 4.60. The predicted octanol–water partition coefficient (Wildman–Crippen LogP) is 6.89. The van der Waals surface area contributed by atoms with Crippen molar-refractivity contribution in [1.82, 2.24) is 20.5 Å². The molecule has 1 fully saturated rings. The largest absolute Gasteiger partial charge is 0.379 e. The molecule has 0 bridgehead atoms. The average molecular weight is 605 g/mol. The van der Waals surface area contributed by atoms with Gasteiger partial charge in [-0.15, -0.1) is 0 Å². The summed E-state index contributed by atoms with van der Waals surface area (Å²) in [6, 6.07) is 3.80. The lowest BCUT2D eigenvalue weighted by atomic mass is 10.2. The van der Waals surface area contributed by atoms with Gasteiger partial charge < -0.3 is 15.4 Å². The van der Waals surface area contributed by atoms with Crippen molar-refractivity contribution in [3.05, 3.63) is 90.3 Å². The number of allylic oxidation sites excluding steroid dienone is 10. The second-order valence-electron chi connectivity index (χ2n) is 11.0. The summed E-state index contributed by atoms with van der Waals surface area (Å²) >= 11 is 0. The molecule has 0 saturated carbocycles. The molecule has 1 saturated heterocycles. The van der Waals surface area contributed by atoms with Crippen molar-refractivity contribution in [3.63, 3.8) is 0 Å². The lowest BCUT2D eigenvalue weighted by Crippen LogP contribution is -2.37. The lowest BCUT2D eigenvalue weighted by Gasteiger charge is -2.26. The maximum absolute atomic E-state index is 12.4. The summed E-state index contributed by atoms with van der Waals surface area (Å²) in [4.78, 5) is 31.3. The van der Waals surface area contributed by atoms with E-state index in [1.54, 1.807) is 6.20 Å². The molecule has 1 aromatic rings. The van der Waals surface area contributed by atoms with Crippen molar-refractivity contribution in [1.29, 1.82) is 0 Å². The van der Waals surface area contributed by atoms with E-state index in [9.17, 15) is 9.59 Å². The number of morpholine rings is 1. The third-order valence-corrected chi connectivity index (χ3v) is 7.27. The van der Waals surface area contributed by atoms with Crippen molar-refractivity contribution in [2.75, 3.05) is 45.9 Å². The minimum absolute atomic E-state index is 0.0851. The highest BCUT2D eigenvalue weighted by Crippen LogP contribution is 2.05. The molecule has 2 heterocycles. The van der Waals surface area contributed by atoms with Gasteiger partial charge in [0.2, 0.25) is 5.91 Å². The summed E-state index contributed by atoms with van der Waals surface area (Å²) in [6.45, 7) is 7.97. The maximum Gasteiger partial charge on any atom is 0.252 e. The second kappa shape index (κ2) is 26.1. The number of carbonyl (C=O) groups is 2. The van der Waals surface area contributed by atoms with Crippen LogP contribution in [-0.4, -0.2) is 67.6 Å². The summed E-state index contributed by atoms with van der Waals surface area (Å²) in [6.07, 6.45) is 34.6. The molecular formula is C37H56N4O3. The van der Waals surface area contributed by atoms with Crippen LogP contribution in [0.4, 0.5) is 0 Å². The molecule has 2 amide bonds. The number of pyridine rings is 1. The number of ether oxygens (including phenoxy) is 1. The number of nitrogens with one attached hydrogen (secondary N) is 2. The van der Waals surface area contributed by atoms with E-state index in [-0.39, 0.29) is 11.8 Å². The van der Waals surface area contributed by atoms with Crippen LogP contribution in [0, 0.1) is 0 Å². The highest BCUT2D eigenvalue weighted by atomic mass is 16.5. The molecule has 7 nitrogen and oxygen atoms in total. The standard InChI is InChI=1S/C37H56N4O3/c1-2-3-4-5-6-7-8-9-10-11-12-13-14-15-16-17-19-22-36(42)38-26-20-18-21-27-39-37(43)34-23-24-35(40-33-34)25-28-41-29-31-44-32-30-41/h3-4,6-7,9-10,12-13,15-16,23-24,33H,2,5,8,11,14,17-22,25-32H2,1H3,(H,38,42)(H,39,43)/b4-3-,7-6-,10-9-,13-12-,16-15-. The summed E-state index contributed by atoms with van der Waals surface area (Å²) in [5.74, 6) is 0.0320. The first-order chi connectivity index (χ1) is 21.7. The van der Waals surface area contributed by atoms with Crippen LogP contribution < -0.4 is 10.6 Å². The van der Waals surface area contributed by atoms with Crippen LogP contribution in [0.25, 0.3) is 0 Å². The molecule has 7 heteroatoms. The zero-order valence-electron chi connectivity index (χ0n) is 27.1. The third kappa shape index (κ3) is 19.8. The fourth-order valence-electron chi connectivity index (χ4n) is 4.60. The lowest BCUT2D eigenvalue weighted by molar-refractivity contribution is -0.121. The Labute approximate surface area is 266 Å². The minimum Gasteiger partial charge on any atom is -0.379 e. The number of hydrogen-bond donors (Lipinski definition) is 2. The van der Waals surface area contributed by atoms with Gasteiger partial charge in [-0.25, -0.2) is 0 Å². The highest BCUT2D eigenvalue weighted by molar-refractivity contribution is 5.93. The maximum atomic E-state index is 12.4. The SMILES string of the molecule is CC/C=C\C/C=C\C/C=C\C/C=C\C/C=C\CCCC(=O)NCCCCCNC(=O)c1ccc(CCN2CCOCC2)nc1. The minimum atomic E-state index is -0.0851. The van der Waals surface area contributed by atoms with Gasteiger partial charge in [-0.1, -0.05) is 67.7 Å². The Hall–Kier alpha value is -3.29. The van der Waals surface area contributed by atoms with E-state index < -0.39 is 0 Å². The van der Waals surface area contributed by atoms with Crippen LogP contribution in [-0.2, 0) is 16.0 Å². The molecule has 1 aliphatic rings. The van der Waals surface area contributed by atoms with Gasteiger partial charge in [0.1, 0.15) is 0 Å². The predicted molar refractivity (Wildman–Crippen MR) is 183 cm³/mol. The summed E-state index contributed by atoms with van der Waals surface area (Å²) in [7, 11) is 0. The number of unbranched alkanes of at least 4 members (excludes halogenated alkanes) is 3. The Balaban J connectivity index is 1.38. The number of rotatable bonds is 23. The topological polar surface area (TPSA) is 83.6 Å². The molecule has 1 aromatic heterocycles. The molecule has 242 valence electrons. The van der Waals surface area contributed by atoms with Crippen molar-refractivity contribution in [2.24, 2.45) is 0 Å². The highest BCUT2D eigenvalue weighted by Gasteiger charge is 2.11. The average Bonchev–Trinajstić information content (AvgIpc) is 3.05. The van der Waals surface area contributed by atoms with Crippen LogP contribution in [0.3, 0.4) is 0 Å². The normalized spacial score (nSPS) is 14.6. The molecule has 2 N–H and O–H groups in total. The fraction of sp³-hybridized carbons (Fsp3) is 0.541. The Kier molecular flexibility index (Phi) is 21.9. The van der Waals surface area contributed by atoms with Crippen LogP contribution in [0.5, 0.6) is 0 Å². The zero-order chi connectivity index (χ0) is 31.3. The smallest absolute Gasteiger partial charge is 0.252 e. The Bertz CT molecular complexity index is 1040. The van der Waals surface area contributed by atoms with Gasteiger partial charge in [0.25, 0.3) is 5.91 Å². The van der Waals surface area contributed by atoms with Crippen molar-refractivity contribution >= 4 is 11.8 Å². The first-order valence-electron chi connectivity index (χ1n) is 16.7. The van der Waals surface area contributed by atoms with E-state index in [1.807, 2.05) is 12.1 Å². The molecule has 0 aliphatic carbocycles. The van der Waals surface area contributed by atoms with Gasteiger partial charge in [0, 0.05) is 57.5 Å². The molecular weight excluding hydrogens is 548 g/mol. The quantitative estimate of drug-likeness (QED) is 0.105. The summed E-state index contributed by atoms with van der Waals surface area (Å²) < 4.78 is 5.38. The summed E-state index contributed by atoms with van der Waals surface area (Å²) in [5.41, 5.74) is 1.60. The van der Waals surface area contributed by atoms with Crippen molar-refractivity contribution in [3.8, 4) is 0 Å². The number of hydrogen-bond acceptors (Lipinski definition) is 5. The molecule has 0 unspecified atom stereocenters. The van der Waals surface area contributed by atoms with Gasteiger partial charge in [-0.2, -0.15) is 0 Å². The van der Waals surface area contributed by atoms with Gasteiger partial charge in [-0.3, -0.25) is 19.5 Å². The van der Waals surface area contributed by atoms with Crippen molar-refractivity contribution < 1.29 is 14.3 Å². The first kappa shape index (κ1) is 36.9. The zero-order valence-corrected chi connectivity index (χ0v) is 27.1.